The lowest BCUT2D eigenvalue weighted by atomic mass is 9.95. The molecule has 2 unspecified atom stereocenters. The average Bonchev–Trinajstić information content (AvgIpc) is 2.73. The summed E-state index contributed by atoms with van der Waals surface area (Å²) < 4.78 is 26.6. The van der Waals surface area contributed by atoms with Crippen molar-refractivity contribution < 1.29 is 8.42 Å². The summed E-state index contributed by atoms with van der Waals surface area (Å²) in [6, 6.07) is 23.2. The maximum absolute atomic E-state index is 13.3. The third-order valence-corrected chi connectivity index (χ3v) is 7.35. The van der Waals surface area contributed by atoms with E-state index in [1.165, 1.54) is 0 Å². The van der Waals surface area contributed by atoms with E-state index in [-0.39, 0.29) is 17.2 Å². The standard InChI is InChI=1S/C23H24N4O2S/c1-16-12-14-17(15-13-16)30(28,29)24-27-22-19-9-5-7-11-21(19)26(3)23(27)18-8-4-6-10-20(18)25(22)2/h4-15,22-24H,1-3H3. The molecule has 3 aromatic rings. The molecule has 0 radical (unpaired) electrons. The number of fused-ring (bicyclic) bond motifs is 6. The maximum Gasteiger partial charge on any atom is 0.253 e. The Kier molecular flexibility index (Phi) is 4.36. The summed E-state index contributed by atoms with van der Waals surface area (Å²) in [5, 5.41) is 1.85. The van der Waals surface area contributed by atoms with Crippen LogP contribution in [0.15, 0.2) is 77.7 Å². The van der Waals surface area contributed by atoms with Crippen LogP contribution in [0.5, 0.6) is 0 Å². The van der Waals surface area contributed by atoms with E-state index in [2.05, 4.69) is 38.9 Å². The summed E-state index contributed by atoms with van der Waals surface area (Å²) in [4.78, 5) is 7.42. The molecule has 0 aliphatic carbocycles. The lowest BCUT2D eigenvalue weighted by molar-refractivity contribution is 0.0817. The lowest BCUT2D eigenvalue weighted by Gasteiger charge is -2.55. The average molecular weight is 421 g/mol. The molecule has 0 saturated carbocycles. The minimum atomic E-state index is -3.75. The van der Waals surface area contributed by atoms with Gasteiger partial charge in [0.2, 0.25) is 0 Å². The van der Waals surface area contributed by atoms with Crippen LogP contribution in [0.3, 0.4) is 0 Å². The van der Waals surface area contributed by atoms with Crippen LogP contribution >= 0.6 is 0 Å². The Morgan fingerprint density at radius 3 is 1.70 bits per heavy atom. The zero-order valence-electron chi connectivity index (χ0n) is 17.1. The molecule has 30 heavy (non-hydrogen) atoms. The van der Waals surface area contributed by atoms with Crippen molar-refractivity contribution in [2.45, 2.75) is 24.2 Å². The van der Waals surface area contributed by atoms with Crippen LogP contribution in [-0.4, -0.2) is 27.5 Å². The number of benzene rings is 3. The molecule has 3 aromatic carbocycles. The Labute approximate surface area is 177 Å². The molecule has 0 aromatic heterocycles. The van der Waals surface area contributed by atoms with Gasteiger partial charge in [-0.3, -0.25) is 0 Å². The van der Waals surface area contributed by atoms with E-state index < -0.39 is 10.0 Å². The van der Waals surface area contributed by atoms with Gasteiger partial charge in [-0.25, -0.2) is 8.42 Å². The number of anilines is 2. The van der Waals surface area contributed by atoms with E-state index in [9.17, 15) is 8.42 Å². The summed E-state index contributed by atoms with van der Waals surface area (Å²) in [7, 11) is 0.270. The van der Waals surface area contributed by atoms with Gasteiger partial charge < -0.3 is 9.80 Å². The predicted molar refractivity (Wildman–Crippen MR) is 119 cm³/mol. The number of aryl methyl sites for hydroxylation is 1. The molecule has 2 bridgehead atoms. The maximum atomic E-state index is 13.3. The van der Waals surface area contributed by atoms with Crippen molar-refractivity contribution in [3.8, 4) is 0 Å². The normalized spacial score (nSPS) is 20.6. The highest BCUT2D eigenvalue weighted by Crippen LogP contribution is 2.51. The monoisotopic (exact) mass is 420 g/mol. The summed E-state index contributed by atoms with van der Waals surface area (Å²) >= 11 is 0. The van der Waals surface area contributed by atoms with E-state index in [4.69, 9.17) is 0 Å². The van der Waals surface area contributed by atoms with Gasteiger partial charge in [0.15, 0.2) is 0 Å². The van der Waals surface area contributed by atoms with Crippen LogP contribution in [0.1, 0.15) is 29.0 Å². The summed E-state index contributed by atoms with van der Waals surface area (Å²) in [6.45, 7) is 1.94. The number of para-hydroxylation sites is 2. The van der Waals surface area contributed by atoms with Crippen LogP contribution in [0.2, 0.25) is 0 Å². The minimum absolute atomic E-state index is 0.253. The highest BCUT2D eigenvalue weighted by atomic mass is 32.2. The molecule has 1 N–H and O–H groups in total. The number of sulfonamides is 1. The summed E-state index contributed by atoms with van der Waals surface area (Å²) in [5.74, 6) is 0. The Bertz CT molecular complexity index is 1150. The predicted octanol–water partition coefficient (Wildman–Crippen LogP) is 3.79. The van der Waals surface area contributed by atoms with Crippen molar-refractivity contribution in [2.24, 2.45) is 0 Å². The third-order valence-electron chi connectivity index (χ3n) is 6.01. The summed E-state index contributed by atoms with van der Waals surface area (Å²) in [5.41, 5.74) is 5.32. The van der Waals surface area contributed by atoms with Crippen molar-refractivity contribution in [1.82, 2.24) is 9.84 Å². The number of hydrogen-bond acceptors (Lipinski definition) is 5. The van der Waals surface area contributed by atoms with Crippen molar-refractivity contribution in [3.05, 3.63) is 89.5 Å². The van der Waals surface area contributed by atoms with Gasteiger partial charge in [0.05, 0.1) is 4.90 Å². The van der Waals surface area contributed by atoms with Crippen molar-refractivity contribution in [2.75, 3.05) is 23.9 Å². The topological polar surface area (TPSA) is 55.9 Å². The van der Waals surface area contributed by atoms with Gasteiger partial charge in [-0.05, 0) is 31.2 Å². The SMILES string of the molecule is Cc1ccc(S(=O)(=O)NN2C3c4ccccc4N(C)C2c2ccccc2N3C)cc1. The largest absolute Gasteiger partial charge is 0.353 e. The van der Waals surface area contributed by atoms with E-state index in [0.717, 1.165) is 28.1 Å². The molecule has 2 heterocycles. The van der Waals surface area contributed by atoms with Crippen molar-refractivity contribution in [3.63, 3.8) is 0 Å². The van der Waals surface area contributed by atoms with Gasteiger partial charge in [0.1, 0.15) is 12.3 Å². The van der Waals surface area contributed by atoms with Crippen LogP contribution in [0, 0.1) is 6.92 Å². The number of rotatable bonds is 3. The first kappa shape index (κ1) is 19.1. The van der Waals surface area contributed by atoms with Gasteiger partial charge in [-0.2, -0.15) is 5.01 Å². The van der Waals surface area contributed by atoms with E-state index in [1.54, 1.807) is 12.1 Å². The first-order chi connectivity index (χ1) is 14.4. The van der Waals surface area contributed by atoms with E-state index >= 15 is 0 Å². The molecule has 6 nitrogen and oxygen atoms in total. The fourth-order valence-corrected chi connectivity index (χ4v) is 5.63. The van der Waals surface area contributed by atoms with Crippen LogP contribution < -0.4 is 14.6 Å². The Morgan fingerprint density at radius 1 is 0.733 bits per heavy atom. The minimum Gasteiger partial charge on any atom is -0.353 e. The fraction of sp³-hybridized carbons (Fsp3) is 0.217. The van der Waals surface area contributed by atoms with Gasteiger partial charge >= 0.3 is 0 Å². The van der Waals surface area contributed by atoms with Gasteiger partial charge in [0.25, 0.3) is 10.0 Å². The fourth-order valence-electron chi connectivity index (χ4n) is 4.55. The molecular formula is C23H24N4O2S. The quantitative estimate of drug-likeness (QED) is 0.699. The second-order valence-corrected chi connectivity index (χ2v) is 9.56. The lowest BCUT2D eigenvalue weighted by Crippen LogP contribution is -2.60. The van der Waals surface area contributed by atoms with Gasteiger partial charge in [0, 0.05) is 36.6 Å². The third kappa shape index (κ3) is 2.81. The number of nitrogens with zero attached hydrogens (tertiary/aromatic N) is 3. The van der Waals surface area contributed by atoms with Crippen LogP contribution in [0.25, 0.3) is 0 Å². The zero-order chi connectivity index (χ0) is 21.0. The molecule has 7 heteroatoms. The number of nitrogens with one attached hydrogen (secondary N) is 1. The second kappa shape index (κ2) is 6.84. The molecule has 2 atom stereocenters. The first-order valence-corrected chi connectivity index (χ1v) is 11.4. The molecule has 154 valence electrons. The molecule has 2 aliphatic rings. The Balaban J connectivity index is 1.66. The smallest absolute Gasteiger partial charge is 0.253 e. The second-order valence-electron chi connectivity index (χ2n) is 7.90. The molecule has 0 saturated heterocycles. The Morgan fingerprint density at radius 2 is 1.20 bits per heavy atom. The van der Waals surface area contributed by atoms with Crippen molar-refractivity contribution in [1.29, 1.82) is 0 Å². The van der Waals surface area contributed by atoms with Crippen molar-refractivity contribution >= 4 is 21.4 Å². The number of hydrogen-bond donors (Lipinski definition) is 1. The molecule has 5 rings (SSSR count). The van der Waals surface area contributed by atoms with Gasteiger partial charge in [-0.15, -0.1) is 4.83 Å². The van der Waals surface area contributed by atoms with Crippen LogP contribution in [0.4, 0.5) is 11.4 Å². The Hall–Kier alpha value is -2.87. The molecule has 2 aliphatic heterocycles. The molecular weight excluding hydrogens is 396 g/mol. The highest BCUT2D eigenvalue weighted by molar-refractivity contribution is 7.89. The summed E-state index contributed by atoms with van der Waals surface area (Å²) in [6.07, 6.45) is -0.532. The molecule has 0 amide bonds. The molecule has 0 spiro atoms. The van der Waals surface area contributed by atoms with Gasteiger partial charge in [-0.1, -0.05) is 54.1 Å². The zero-order valence-corrected chi connectivity index (χ0v) is 18.0. The van der Waals surface area contributed by atoms with Crippen LogP contribution in [-0.2, 0) is 10.0 Å². The number of hydrazine groups is 1. The van der Waals surface area contributed by atoms with E-state index in [0.29, 0.717) is 0 Å². The van der Waals surface area contributed by atoms with E-state index in [1.807, 2.05) is 62.4 Å². The molecule has 0 fully saturated rings. The highest BCUT2D eigenvalue weighted by Gasteiger charge is 2.47. The first-order valence-electron chi connectivity index (χ1n) is 9.89.